The van der Waals surface area contributed by atoms with Crippen LogP contribution in [0.15, 0.2) is 59.5 Å². The minimum atomic E-state index is -3.53. The Hall–Kier alpha value is -2.67. The normalized spacial score (nSPS) is 19.8. The highest BCUT2D eigenvalue weighted by atomic mass is 32.2. The molecule has 1 saturated heterocycles. The highest BCUT2D eigenvalue weighted by Gasteiger charge is 2.46. The van der Waals surface area contributed by atoms with Gasteiger partial charge in [0.05, 0.1) is 10.6 Å². The fraction of sp³-hybridized carbons (Fsp3) is 0.300. The molecule has 1 aliphatic heterocycles. The van der Waals surface area contributed by atoms with E-state index in [-0.39, 0.29) is 10.6 Å². The summed E-state index contributed by atoms with van der Waals surface area (Å²) in [6.45, 7) is 1.91. The zero-order valence-electron chi connectivity index (χ0n) is 15.0. The first-order chi connectivity index (χ1) is 12.7. The molecule has 0 radical (unpaired) electrons. The SMILES string of the molecule is CC1(C(=O)O)CCCN1C(=O)c1cccc(CS(=O)(=O)c2ccccc2)c1. The Kier molecular flexibility index (Phi) is 5.06. The van der Waals surface area contributed by atoms with Crippen LogP contribution in [0.1, 0.15) is 35.7 Å². The van der Waals surface area contributed by atoms with Crippen LogP contribution < -0.4 is 0 Å². The molecule has 0 aliphatic carbocycles. The molecule has 142 valence electrons. The summed E-state index contributed by atoms with van der Waals surface area (Å²) in [6, 6.07) is 14.5. The van der Waals surface area contributed by atoms with Gasteiger partial charge in [-0.1, -0.05) is 30.3 Å². The van der Waals surface area contributed by atoms with Crippen molar-refractivity contribution in [3.05, 3.63) is 65.7 Å². The van der Waals surface area contributed by atoms with E-state index in [1.54, 1.807) is 43.3 Å². The number of carboxylic acids is 1. The van der Waals surface area contributed by atoms with Gasteiger partial charge in [0.15, 0.2) is 9.84 Å². The molecular weight excluding hydrogens is 366 g/mol. The van der Waals surface area contributed by atoms with Crippen molar-refractivity contribution in [2.24, 2.45) is 0 Å². The average Bonchev–Trinajstić information content (AvgIpc) is 3.05. The van der Waals surface area contributed by atoms with Crippen LogP contribution in [0, 0.1) is 0 Å². The van der Waals surface area contributed by atoms with Gasteiger partial charge in [0, 0.05) is 12.1 Å². The number of sulfone groups is 1. The van der Waals surface area contributed by atoms with Crippen molar-refractivity contribution in [2.45, 2.75) is 36.0 Å². The highest BCUT2D eigenvalue weighted by molar-refractivity contribution is 7.90. The molecule has 1 fully saturated rings. The van der Waals surface area contributed by atoms with Crippen LogP contribution >= 0.6 is 0 Å². The molecule has 7 heteroatoms. The summed E-state index contributed by atoms with van der Waals surface area (Å²) in [6.07, 6.45) is 1.02. The van der Waals surface area contributed by atoms with Gasteiger partial charge in [-0.3, -0.25) is 4.79 Å². The van der Waals surface area contributed by atoms with E-state index in [1.807, 2.05) is 0 Å². The molecule has 1 amide bonds. The van der Waals surface area contributed by atoms with E-state index in [9.17, 15) is 23.1 Å². The first-order valence-electron chi connectivity index (χ1n) is 8.66. The molecule has 0 aromatic heterocycles. The minimum Gasteiger partial charge on any atom is -0.480 e. The third kappa shape index (κ3) is 3.73. The number of carboxylic acid groups (broad SMARTS) is 1. The number of carbonyl (C=O) groups excluding carboxylic acids is 1. The largest absolute Gasteiger partial charge is 0.480 e. The fourth-order valence-corrected chi connectivity index (χ4v) is 4.75. The van der Waals surface area contributed by atoms with E-state index in [0.717, 1.165) is 0 Å². The van der Waals surface area contributed by atoms with E-state index < -0.39 is 27.3 Å². The predicted molar refractivity (Wildman–Crippen MR) is 100 cm³/mol. The first kappa shape index (κ1) is 19.1. The predicted octanol–water partition coefficient (Wildman–Crippen LogP) is 2.74. The summed E-state index contributed by atoms with van der Waals surface area (Å²) in [5.74, 6) is -1.65. The van der Waals surface area contributed by atoms with E-state index in [2.05, 4.69) is 0 Å². The van der Waals surface area contributed by atoms with Crippen LogP contribution in [0.2, 0.25) is 0 Å². The molecule has 27 heavy (non-hydrogen) atoms. The first-order valence-corrected chi connectivity index (χ1v) is 10.3. The number of nitrogens with zero attached hydrogens (tertiary/aromatic N) is 1. The molecule has 1 unspecified atom stereocenters. The minimum absolute atomic E-state index is 0.222. The molecule has 1 aliphatic rings. The van der Waals surface area contributed by atoms with Crippen molar-refractivity contribution >= 4 is 21.7 Å². The van der Waals surface area contributed by atoms with Crippen molar-refractivity contribution in [2.75, 3.05) is 6.54 Å². The van der Waals surface area contributed by atoms with Crippen molar-refractivity contribution in [3.63, 3.8) is 0 Å². The number of benzene rings is 2. The molecule has 1 N–H and O–H groups in total. The van der Waals surface area contributed by atoms with Gasteiger partial charge in [-0.25, -0.2) is 13.2 Å². The Labute approximate surface area is 158 Å². The fourth-order valence-electron chi connectivity index (χ4n) is 3.39. The van der Waals surface area contributed by atoms with Gasteiger partial charge in [0.1, 0.15) is 5.54 Å². The third-order valence-corrected chi connectivity index (χ3v) is 6.68. The molecule has 6 nitrogen and oxygen atoms in total. The van der Waals surface area contributed by atoms with Crippen molar-refractivity contribution in [3.8, 4) is 0 Å². The quantitative estimate of drug-likeness (QED) is 0.852. The number of rotatable bonds is 5. The molecule has 0 spiro atoms. The number of hydrogen-bond donors (Lipinski definition) is 1. The monoisotopic (exact) mass is 387 g/mol. The molecular formula is C20H21NO5S. The Balaban J connectivity index is 1.86. The number of aliphatic carboxylic acids is 1. The van der Waals surface area contributed by atoms with Gasteiger partial charge < -0.3 is 10.0 Å². The molecule has 0 bridgehead atoms. The molecule has 1 atom stereocenters. The van der Waals surface area contributed by atoms with Gasteiger partial charge in [-0.2, -0.15) is 0 Å². The summed E-state index contributed by atoms with van der Waals surface area (Å²) >= 11 is 0. The van der Waals surface area contributed by atoms with E-state index in [4.69, 9.17) is 0 Å². The number of amides is 1. The summed E-state index contributed by atoms with van der Waals surface area (Å²) in [5, 5.41) is 9.50. The molecule has 0 saturated carbocycles. The summed E-state index contributed by atoms with van der Waals surface area (Å²) in [7, 11) is -3.53. The van der Waals surface area contributed by atoms with Crippen LogP contribution in [-0.2, 0) is 20.4 Å². The Morgan fingerprint density at radius 1 is 1.11 bits per heavy atom. The van der Waals surface area contributed by atoms with Crippen LogP contribution in [-0.4, -0.2) is 42.4 Å². The van der Waals surface area contributed by atoms with Crippen LogP contribution in [0.4, 0.5) is 0 Å². The topological polar surface area (TPSA) is 91.8 Å². The Bertz CT molecular complexity index is 971. The highest BCUT2D eigenvalue weighted by Crippen LogP contribution is 2.31. The number of hydrogen-bond acceptors (Lipinski definition) is 4. The maximum atomic E-state index is 12.9. The van der Waals surface area contributed by atoms with E-state index >= 15 is 0 Å². The second-order valence-corrected chi connectivity index (χ2v) is 8.90. The second-order valence-electron chi connectivity index (χ2n) is 6.91. The van der Waals surface area contributed by atoms with Crippen LogP contribution in [0.5, 0.6) is 0 Å². The maximum absolute atomic E-state index is 12.9. The zero-order chi connectivity index (χ0) is 19.7. The molecule has 2 aromatic carbocycles. The second kappa shape index (κ2) is 7.15. The third-order valence-electron chi connectivity index (χ3n) is 4.98. The molecule has 1 heterocycles. The van der Waals surface area contributed by atoms with E-state index in [0.29, 0.717) is 30.5 Å². The Morgan fingerprint density at radius 2 is 1.81 bits per heavy atom. The van der Waals surface area contributed by atoms with Crippen LogP contribution in [0.25, 0.3) is 0 Å². The van der Waals surface area contributed by atoms with Crippen molar-refractivity contribution in [1.82, 2.24) is 4.90 Å². The lowest BCUT2D eigenvalue weighted by molar-refractivity contribution is -0.147. The van der Waals surface area contributed by atoms with Gasteiger partial charge in [-0.05, 0) is 49.6 Å². The number of likely N-dealkylation sites (tertiary alicyclic amines) is 1. The standard InChI is InChI=1S/C20H21NO5S/c1-20(19(23)24)11-6-12-21(20)18(22)16-8-5-7-15(13-16)14-27(25,26)17-9-3-2-4-10-17/h2-5,7-10,13H,6,11-12,14H2,1H3,(H,23,24). The summed E-state index contributed by atoms with van der Waals surface area (Å²) in [4.78, 5) is 26.1. The summed E-state index contributed by atoms with van der Waals surface area (Å²) < 4.78 is 25.1. The van der Waals surface area contributed by atoms with E-state index in [1.165, 1.54) is 23.1 Å². The van der Waals surface area contributed by atoms with Crippen LogP contribution in [0.3, 0.4) is 0 Å². The number of carbonyl (C=O) groups is 2. The van der Waals surface area contributed by atoms with Gasteiger partial charge in [0.2, 0.25) is 0 Å². The van der Waals surface area contributed by atoms with Crippen molar-refractivity contribution in [1.29, 1.82) is 0 Å². The molecule has 2 aromatic rings. The lowest BCUT2D eigenvalue weighted by Crippen LogP contribution is -2.50. The Morgan fingerprint density at radius 3 is 2.48 bits per heavy atom. The van der Waals surface area contributed by atoms with Gasteiger partial charge >= 0.3 is 5.97 Å². The smallest absolute Gasteiger partial charge is 0.329 e. The average molecular weight is 387 g/mol. The lowest BCUT2D eigenvalue weighted by Gasteiger charge is -2.31. The zero-order valence-corrected chi connectivity index (χ0v) is 15.8. The van der Waals surface area contributed by atoms with Gasteiger partial charge in [-0.15, -0.1) is 0 Å². The summed E-state index contributed by atoms with van der Waals surface area (Å²) in [5.41, 5.74) is -0.450. The maximum Gasteiger partial charge on any atom is 0.329 e. The van der Waals surface area contributed by atoms with Gasteiger partial charge in [0.25, 0.3) is 5.91 Å². The molecule has 3 rings (SSSR count). The lowest BCUT2D eigenvalue weighted by atomic mass is 9.98. The van der Waals surface area contributed by atoms with Crippen molar-refractivity contribution < 1.29 is 23.1 Å².